The van der Waals surface area contributed by atoms with Crippen LogP contribution in [0.4, 0.5) is 0 Å². The number of rotatable bonds is 0. The average molecular weight is 136 g/mol. The van der Waals surface area contributed by atoms with Gasteiger partial charge in [-0.1, -0.05) is 0 Å². The van der Waals surface area contributed by atoms with Crippen LogP contribution in [0.1, 0.15) is 0 Å². The van der Waals surface area contributed by atoms with Gasteiger partial charge < -0.3 is 4.98 Å². The summed E-state index contributed by atoms with van der Waals surface area (Å²) in [4.78, 5) is 17.0. The Morgan fingerprint density at radius 3 is 3.20 bits per heavy atom. The normalized spacial score (nSPS) is 10.4. The van der Waals surface area contributed by atoms with Gasteiger partial charge in [0.2, 0.25) is 0 Å². The van der Waals surface area contributed by atoms with Crippen molar-refractivity contribution in [2.75, 3.05) is 0 Å². The monoisotopic (exact) mass is 136 g/mol. The van der Waals surface area contributed by atoms with Crippen molar-refractivity contribution >= 4 is 11.2 Å². The number of nitrogens with one attached hydrogen (secondary N) is 2. The van der Waals surface area contributed by atoms with Crippen LogP contribution in [0.25, 0.3) is 11.2 Å². The fourth-order valence-corrected chi connectivity index (χ4v) is 0.753. The molecule has 0 aromatic carbocycles. The molecular formula is C5H4N4O. The number of fused-ring (bicyclic) bond motifs is 1. The Kier molecular flexibility index (Phi) is 0.858. The van der Waals surface area contributed by atoms with Crippen molar-refractivity contribution in [3.63, 3.8) is 0 Å². The Morgan fingerprint density at radius 2 is 2.30 bits per heavy atom. The summed E-state index contributed by atoms with van der Waals surface area (Å²) >= 11 is 0. The summed E-state index contributed by atoms with van der Waals surface area (Å²) in [7, 11) is 0. The van der Waals surface area contributed by atoms with Gasteiger partial charge in [0.1, 0.15) is 5.52 Å². The van der Waals surface area contributed by atoms with Crippen molar-refractivity contribution in [1.82, 2.24) is 20.2 Å². The second-order valence-corrected chi connectivity index (χ2v) is 1.88. The van der Waals surface area contributed by atoms with Crippen LogP contribution in [-0.2, 0) is 0 Å². The van der Waals surface area contributed by atoms with Gasteiger partial charge in [0.25, 0.3) is 5.56 Å². The number of hydrogen-bond donors (Lipinski definition) is 2. The van der Waals surface area contributed by atoms with E-state index in [9.17, 15) is 4.79 Å². The molecule has 0 aliphatic rings. The number of aromatic amines is 2. The molecule has 0 spiro atoms. The quantitative estimate of drug-likeness (QED) is 0.519. The first-order chi connectivity index (χ1) is 4.86. The summed E-state index contributed by atoms with van der Waals surface area (Å²) in [5, 5.41) is 6.28. The van der Waals surface area contributed by atoms with E-state index in [1.54, 1.807) is 6.20 Å². The molecule has 0 radical (unpaired) electrons. The van der Waals surface area contributed by atoms with Crippen molar-refractivity contribution in [2.24, 2.45) is 0 Å². The lowest BCUT2D eigenvalue weighted by atomic mass is 10.6. The highest BCUT2D eigenvalue weighted by atomic mass is 16.1. The van der Waals surface area contributed by atoms with E-state index in [0.717, 1.165) is 0 Å². The lowest BCUT2D eigenvalue weighted by Crippen LogP contribution is -2.03. The lowest BCUT2D eigenvalue weighted by Gasteiger charge is -1.82. The lowest BCUT2D eigenvalue weighted by molar-refractivity contribution is 1.09. The standard InChI is InChI=1S/C5H4N4O/c10-4-2-6-3-1-7-9-5(3)8-4/h1-2H,(H2,7,8,9,10). The number of nitrogens with zero attached hydrogens (tertiary/aromatic N) is 2. The van der Waals surface area contributed by atoms with Gasteiger partial charge in [-0.15, -0.1) is 0 Å². The summed E-state index contributed by atoms with van der Waals surface area (Å²) in [5.41, 5.74) is 1.00. The molecule has 2 aromatic heterocycles. The maximum atomic E-state index is 10.6. The van der Waals surface area contributed by atoms with Crippen LogP contribution in [-0.4, -0.2) is 20.2 Å². The van der Waals surface area contributed by atoms with E-state index >= 15 is 0 Å². The van der Waals surface area contributed by atoms with Crippen LogP contribution in [0.3, 0.4) is 0 Å². The van der Waals surface area contributed by atoms with E-state index in [1.807, 2.05) is 0 Å². The van der Waals surface area contributed by atoms with Gasteiger partial charge in [0, 0.05) is 0 Å². The highest BCUT2D eigenvalue weighted by molar-refractivity contribution is 5.67. The second kappa shape index (κ2) is 1.66. The summed E-state index contributed by atoms with van der Waals surface area (Å²) < 4.78 is 0. The van der Waals surface area contributed by atoms with E-state index < -0.39 is 0 Å². The zero-order valence-electron chi connectivity index (χ0n) is 4.96. The number of aromatic nitrogens is 4. The molecule has 5 nitrogen and oxygen atoms in total. The minimum absolute atomic E-state index is 0.225. The molecule has 0 atom stereocenters. The van der Waals surface area contributed by atoms with Crippen LogP contribution in [0, 0.1) is 0 Å². The third-order valence-electron chi connectivity index (χ3n) is 1.19. The van der Waals surface area contributed by atoms with Crippen LogP contribution in [0.5, 0.6) is 0 Å². The Labute approximate surface area is 55.1 Å². The Bertz CT molecular complexity index is 401. The van der Waals surface area contributed by atoms with Gasteiger partial charge in [-0.2, -0.15) is 5.10 Å². The summed E-state index contributed by atoms with van der Waals surface area (Å²) in [6.07, 6.45) is 2.77. The van der Waals surface area contributed by atoms with Crippen molar-refractivity contribution in [1.29, 1.82) is 0 Å². The molecule has 5 heteroatoms. The van der Waals surface area contributed by atoms with Gasteiger partial charge >= 0.3 is 0 Å². The molecule has 0 bridgehead atoms. The number of hydrogen-bond acceptors (Lipinski definition) is 3. The van der Waals surface area contributed by atoms with Crippen molar-refractivity contribution in [3.05, 3.63) is 22.7 Å². The molecule has 0 amide bonds. The first-order valence-electron chi connectivity index (χ1n) is 2.75. The van der Waals surface area contributed by atoms with Crippen molar-refractivity contribution < 1.29 is 0 Å². The van der Waals surface area contributed by atoms with Crippen LogP contribution < -0.4 is 5.56 Å². The fraction of sp³-hybridized carbons (Fsp3) is 0. The van der Waals surface area contributed by atoms with E-state index in [2.05, 4.69) is 20.2 Å². The average Bonchev–Trinajstić information content (AvgIpc) is 2.33. The van der Waals surface area contributed by atoms with Crippen LogP contribution in [0.2, 0.25) is 0 Å². The Morgan fingerprint density at radius 1 is 1.40 bits per heavy atom. The van der Waals surface area contributed by atoms with Gasteiger partial charge in [0.05, 0.1) is 12.4 Å². The predicted octanol–water partition coefficient (Wildman–Crippen LogP) is -0.354. The fourth-order valence-electron chi connectivity index (χ4n) is 0.753. The molecule has 0 unspecified atom stereocenters. The minimum atomic E-state index is -0.225. The van der Waals surface area contributed by atoms with E-state index in [1.165, 1.54) is 6.20 Å². The van der Waals surface area contributed by atoms with Gasteiger partial charge in [-0.3, -0.25) is 9.89 Å². The Hall–Kier alpha value is -1.65. The molecule has 2 aromatic rings. The van der Waals surface area contributed by atoms with E-state index in [0.29, 0.717) is 11.2 Å². The number of H-pyrrole nitrogens is 2. The van der Waals surface area contributed by atoms with Gasteiger partial charge in [-0.25, -0.2) is 4.98 Å². The molecule has 0 saturated carbocycles. The molecule has 50 valence electrons. The van der Waals surface area contributed by atoms with Crippen molar-refractivity contribution in [2.45, 2.75) is 0 Å². The largest absolute Gasteiger partial charge is 0.304 e. The van der Waals surface area contributed by atoms with Crippen LogP contribution in [0.15, 0.2) is 17.2 Å². The molecule has 0 fully saturated rings. The van der Waals surface area contributed by atoms with Gasteiger partial charge in [0.15, 0.2) is 5.65 Å². The Balaban J connectivity index is 2.99. The molecule has 0 aliphatic heterocycles. The smallest absolute Gasteiger partial charge is 0.268 e. The van der Waals surface area contributed by atoms with E-state index in [4.69, 9.17) is 0 Å². The zero-order chi connectivity index (χ0) is 6.97. The first-order valence-corrected chi connectivity index (χ1v) is 2.75. The summed E-state index contributed by atoms with van der Waals surface area (Å²) in [6, 6.07) is 0. The van der Waals surface area contributed by atoms with Crippen molar-refractivity contribution in [3.8, 4) is 0 Å². The molecule has 2 rings (SSSR count). The maximum absolute atomic E-state index is 10.6. The maximum Gasteiger partial charge on any atom is 0.268 e. The third kappa shape index (κ3) is 0.604. The first kappa shape index (κ1) is 5.16. The zero-order valence-corrected chi connectivity index (χ0v) is 4.96. The minimum Gasteiger partial charge on any atom is -0.304 e. The highest BCUT2D eigenvalue weighted by Gasteiger charge is 1.93. The second-order valence-electron chi connectivity index (χ2n) is 1.88. The van der Waals surface area contributed by atoms with E-state index in [-0.39, 0.29) is 5.56 Å². The molecule has 2 N–H and O–H groups in total. The topological polar surface area (TPSA) is 74.4 Å². The molecular weight excluding hydrogens is 132 g/mol. The molecule has 10 heavy (non-hydrogen) atoms. The van der Waals surface area contributed by atoms with Gasteiger partial charge in [-0.05, 0) is 0 Å². The SMILES string of the molecule is O=c1cnc2cn[nH]c2[nH]1. The molecule has 0 aliphatic carbocycles. The van der Waals surface area contributed by atoms with Crippen LogP contribution >= 0.6 is 0 Å². The molecule has 0 saturated heterocycles. The summed E-state index contributed by atoms with van der Waals surface area (Å²) in [6.45, 7) is 0. The highest BCUT2D eigenvalue weighted by Crippen LogP contribution is 1.96. The third-order valence-corrected chi connectivity index (χ3v) is 1.19. The molecule has 2 heterocycles. The summed E-state index contributed by atoms with van der Waals surface area (Å²) in [5.74, 6) is 0. The predicted molar refractivity (Wildman–Crippen MR) is 34.5 cm³/mol.